The number of hydroxylamine groups is 2. The van der Waals surface area contributed by atoms with E-state index in [1.807, 2.05) is 13.8 Å². The van der Waals surface area contributed by atoms with Gasteiger partial charge in [-0.2, -0.15) is 5.06 Å². The third-order valence-corrected chi connectivity index (χ3v) is 12.0. The van der Waals surface area contributed by atoms with Crippen LogP contribution in [0, 0.1) is 18.7 Å². The highest BCUT2D eigenvalue weighted by molar-refractivity contribution is 9.10. The van der Waals surface area contributed by atoms with Gasteiger partial charge in [-0.05, 0) is 49.7 Å². The molecule has 5 nitrogen and oxygen atoms in total. The largest absolute Gasteiger partial charge is 0.461 e. The SMILES string of the molecule is Cc1c(Br)ccc(F)c1CN1O[C@@H](CO[Si](C)(C)C(C)(C)C)[C@H]2[C@H](C)OC(=O)[C@H]21. The van der Waals surface area contributed by atoms with Crippen LogP contribution in [0.4, 0.5) is 4.39 Å². The molecule has 2 aliphatic rings. The summed E-state index contributed by atoms with van der Waals surface area (Å²) in [6.45, 7) is 15.3. The zero-order valence-electron chi connectivity index (χ0n) is 18.2. The summed E-state index contributed by atoms with van der Waals surface area (Å²) in [5.74, 6) is -0.764. The summed E-state index contributed by atoms with van der Waals surface area (Å²) in [4.78, 5) is 18.7. The van der Waals surface area contributed by atoms with E-state index < -0.39 is 14.4 Å². The van der Waals surface area contributed by atoms with Crippen molar-refractivity contribution < 1.29 is 23.2 Å². The van der Waals surface area contributed by atoms with E-state index in [2.05, 4.69) is 49.8 Å². The minimum absolute atomic E-state index is 0.0782. The van der Waals surface area contributed by atoms with Gasteiger partial charge in [0.2, 0.25) is 0 Å². The lowest BCUT2D eigenvalue weighted by Gasteiger charge is -2.37. The summed E-state index contributed by atoms with van der Waals surface area (Å²) in [7, 11) is -1.97. The second kappa shape index (κ2) is 8.03. The minimum atomic E-state index is -1.97. The molecule has 0 N–H and O–H groups in total. The molecule has 2 aliphatic heterocycles. The van der Waals surface area contributed by atoms with Gasteiger partial charge in [-0.1, -0.05) is 36.7 Å². The molecule has 0 amide bonds. The fourth-order valence-corrected chi connectivity index (χ4v) is 5.08. The number of nitrogens with zero attached hydrogens (tertiary/aromatic N) is 1. The van der Waals surface area contributed by atoms with Crippen LogP contribution in [0.5, 0.6) is 0 Å². The predicted octanol–water partition coefficient (Wildman–Crippen LogP) is 4.96. The second-order valence-corrected chi connectivity index (χ2v) is 15.3. The van der Waals surface area contributed by atoms with Gasteiger partial charge < -0.3 is 9.16 Å². The number of cyclic esters (lactones) is 1. The molecular weight excluding hydrogens is 457 g/mol. The minimum Gasteiger partial charge on any atom is -0.461 e. The van der Waals surface area contributed by atoms with Crippen molar-refractivity contribution in [1.82, 2.24) is 5.06 Å². The standard InChI is InChI=1S/C21H31BrFNO4Si/c1-12-14(16(23)9-8-15(12)22)10-24-19-18(13(2)27-20(19)25)17(28-24)11-26-29(6,7)21(3,4)5/h8-9,13,17-19H,10-11H2,1-7H3/t13-,17-,18+,19-/m0/s1. The van der Waals surface area contributed by atoms with Gasteiger partial charge in [-0.15, -0.1) is 0 Å². The van der Waals surface area contributed by atoms with E-state index in [0.29, 0.717) is 12.2 Å². The van der Waals surface area contributed by atoms with Gasteiger partial charge in [0.1, 0.15) is 24.1 Å². The number of halogens is 2. The topological polar surface area (TPSA) is 48.0 Å². The van der Waals surface area contributed by atoms with Crippen LogP contribution in [0.2, 0.25) is 18.1 Å². The van der Waals surface area contributed by atoms with Crippen LogP contribution in [0.3, 0.4) is 0 Å². The van der Waals surface area contributed by atoms with Gasteiger partial charge in [0.05, 0.1) is 19.1 Å². The lowest BCUT2D eigenvalue weighted by Crippen LogP contribution is -2.44. The Bertz CT molecular complexity index is 798. The molecule has 2 saturated heterocycles. The molecule has 0 unspecified atom stereocenters. The first-order chi connectivity index (χ1) is 13.3. The normalized spacial score (nSPS) is 28.0. The number of carbonyl (C=O) groups excluding carboxylic acids is 1. The molecule has 3 rings (SSSR count). The molecule has 0 saturated carbocycles. The zero-order valence-corrected chi connectivity index (χ0v) is 20.8. The molecule has 8 heteroatoms. The summed E-state index contributed by atoms with van der Waals surface area (Å²) in [5, 5.41) is 1.67. The third kappa shape index (κ3) is 4.32. The molecule has 162 valence electrons. The Kier molecular flexibility index (Phi) is 6.34. The number of hydrogen-bond donors (Lipinski definition) is 0. The van der Waals surface area contributed by atoms with Gasteiger partial charge in [-0.3, -0.25) is 9.63 Å². The van der Waals surface area contributed by atoms with Crippen molar-refractivity contribution in [2.45, 2.75) is 77.5 Å². The quantitative estimate of drug-likeness (QED) is 0.433. The van der Waals surface area contributed by atoms with E-state index in [1.165, 1.54) is 6.07 Å². The van der Waals surface area contributed by atoms with Crippen molar-refractivity contribution in [3.8, 4) is 0 Å². The first-order valence-electron chi connectivity index (χ1n) is 10.0. The molecular formula is C21H31BrFNO4Si. The lowest BCUT2D eigenvalue weighted by atomic mass is 9.93. The highest BCUT2D eigenvalue weighted by Crippen LogP contribution is 2.41. The first kappa shape index (κ1) is 22.9. The molecule has 0 aliphatic carbocycles. The summed E-state index contributed by atoms with van der Waals surface area (Å²) in [6, 6.07) is 2.56. The highest BCUT2D eigenvalue weighted by Gasteiger charge is 2.57. The first-order valence-corrected chi connectivity index (χ1v) is 13.7. The van der Waals surface area contributed by atoms with Gasteiger partial charge in [-0.25, -0.2) is 4.39 Å². The maximum Gasteiger partial charge on any atom is 0.326 e. The van der Waals surface area contributed by atoms with Crippen LogP contribution in [0.25, 0.3) is 0 Å². The fraction of sp³-hybridized carbons (Fsp3) is 0.667. The van der Waals surface area contributed by atoms with E-state index in [-0.39, 0.29) is 41.5 Å². The lowest BCUT2D eigenvalue weighted by molar-refractivity contribution is -0.195. The van der Waals surface area contributed by atoms with E-state index in [1.54, 1.807) is 11.1 Å². The van der Waals surface area contributed by atoms with Crippen LogP contribution in [-0.2, 0) is 25.3 Å². The van der Waals surface area contributed by atoms with Gasteiger partial charge in [0.25, 0.3) is 0 Å². The van der Waals surface area contributed by atoms with Crippen LogP contribution >= 0.6 is 15.9 Å². The molecule has 0 bridgehead atoms. The maximum absolute atomic E-state index is 14.5. The van der Waals surface area contributed by atoms with Crippen molar-refractivity contribution in [3.05, 3.63) is 33.5 Å². The Balaban J connectivity index is 1.82. The molecule has 1 aromatic carbocycles. The van der Waals surface area contributed by atoms with E-state index >= 15 is 0 Å². The summed E-state index contributed by atoms with van der Waals surface area (Å²) < 4.78 is 27.2. The number of benzene rings is 1. The number of esters is 1. The van der Waals surface area contributed by atoms with Crippen LogP contribution in [0.1, 0.15) is 38.8 Å². The monoisotopic (exact) mass is 487 g/mol. The summed E-state index contributed by atoms with van der Waals surface area (Å²) >= 11 is 3.45. The Labute approximate surface area is 182 Å². The average Bonchev–Trinajstić information content (AvgIpc) is 3.11. The number of ether oxygens (including phenoxy) is 1. The van der Waals surface area contributed by atoms with Crippen molar-refractivity contribution in [1.29, 1.82) is 0 Å². The molecule has 2 heterocycles. The highest BCUT2D eigenvalue weighted by atomic mass is 79.9. The third-order valence-electron chi connectivity index (χ3n) is 6.66. The summed E-state index contributed by atoms with van der Waals surface area (Å²) in [6.07, 6.45) is -0.565. The van der Waals surface area contributed by atoms with Crippen molar-refractivity contribution in [2.75, 3.05) is 6.61 Å². The smallest absolute Gasteiger partial charge is 0.326 e. The van der Waals surface area contributed by atoms with Crippen molar-refractivity contribution in [2.24, 2.45) is 5.92 Å². The van der Waals surface area contributed by atoms with E-state index in [4.69, 9.17) is 14.0 Å². The molecule has 29 heavy (non-hydrogen) atoms. The van der Waals surface area contributed by atoms with Crippen LogP contribution in [-0.4, -0.2) is 44.2 Å². The van der Waals surface area contributed by atoms with Crippen molar-refractivity contribution in [3.63, 3.8) is 0 Å². The Morgan fingerprint density at radius 3 is 2.59 bits per heavy atom. The molecule has 4 atom stereocenters. The van der Waals surface area contributed by atoms with Crippen molar-refractivity contribution >= 4 is 30.2 Å². The number of fused-ring (bicyclic) bond motifs is 1. The molecule has 1 aromatic rings. The number of hydrogen-bond acceptors (Lipinski definition) is 5. The summed E-state index contributed by atoms with van der Waals surface area (Å²) in [5.41, 5.74) is 1.31. The van der Waals surface area contributed by atoms with Gasteiger partial charge >= 0.3 is 5.97 Å². The average molecular weight is 488 g/mol. The molecule has 0 radical (unpaired) electrons. The predicted molar refractivity (Wildman–Crippen MR) is 115 cm³/mol. The fourth-order valence-electron chi connectivity index (χ4n) is 3.70. The Hall–Kier alpha value is -0.803. The second-order valence-electron chi connectivity index (χ2n) is 9.59. The zero-order chi connectivity index (χ0) is 21.7. The van der Waals surface area contributed by atoms with Gasteiger partial charge in [0, 0.05) is 10.0 Å². The van der Waals surface area contributed by atoms with Crippen LogP contribution < -0.4 is 0 Å². The Morgan fingerprint density at radius 2 is 1.97 bits per heavy atom. The Morgan fingerprint density at radius 1 is 1.31 bits per heavy atom. The van der Waals surface area contributed by atoms with E-state index in [9.17, 15) is 9.18 Å². The molecule has 2 fully saturated rings. The number of rotatable bonds is 5. The van der Waals surface area contributed by atoms with Crippen LogP contribution in [0.15, 0.2) is 16.6 Å². The molecule has 0 aromatic heterocycles. The molecule has 0 spiro atoms. The maximum atomic E-state index is 14.5. The van der Waals surface area contributed by atoms with E-state index in [0.717, 1.165) is 10.0 Å². The van der Waals surface area contributed by atoms with Gasteiger partial charge in [0.15, 0.2) is 8.32 Å². The number of carbonyl (C=O) groups is 1.